The maximum absolute atomic E-state index is 3.60. The second kappa shape index (κ2) is 11.9. The van der Waals surface area contributed by atoms with Crippen LogP contribution in [0.4, 0.5) is 0 Å². The van der Waals surface area contributed by atoms with Crippen LogP contribution in [-0.2, 0) is 21.1 Å². The second-order valence-electron chi connectivity index (χ2n) is 1.86. The predicted molar refractivity (Wildman–Crippen MR) is 44.6 cm³/mol. The third-order valence-corrected chi connectivity index (χ3v) is 0.939. The summed E-state index contributed by atoms with van der Waals surface area (Å²) in [5.41, 5.74) is 0. The molecule has 0 spiro atoms. The molecule has 0 nitrogen and oxygen atoms in total. The molecule has 60 valence electrons. The summed E-state index contributed by atoms with van der Waals surface area (Å²) in [7, 11) is 0. The summed E-state index contributed by atoms with van der Waals surface area (Å²) in [5.74, 6) is 0. The van der Waals surface area contributed by atoms with Gasteiger partial charge in [-0.25, -0.2) is 12.2 Å². The fraction of sp³-hybridized carbons (Fsp3) is 0.444. The van der Waals surface area contributed by atoms with Gasteiger partial charge in [-0.1, -0.05) is 13.3 Å². The first-order chi connectivity index (χ1) is 4.41. The van der Waals surface area contributed by atoms with E-state index in [1.165, 1.54) is 6.42 Å². The first-order valence-corrected chi connectivity index (χ1v) is 3.42. The van der Waals surface area contributed by atoms with Crippen molar-refractivity contribution in [2.75, 3.05) is 0 Å². The van der Waals surface area contributed by atoms with E-state index < -0.39 is 0 Å². The average molecular weight is 220 g/mol. The van der Waals surface area contributed by atoms with Gasteiger partial charge in [0.05, 0.1) is 0 Å². The van der Waals surface area contributed by atoms with Gasteiger partial charge >= 0.3 is 21.1 Å². The van der Waals surface area contributed by atoms with Gasteiger partial charge in [0, 0.05) is 0 Å². The SMILES string of the molecule is [C-]1=CC=CC1.[CH2-]CCC.[MoH2]. The molecule has 0 unspecified atom stereocenters. The predicted octanol–water partition coefficient (Wildman–Crippen LogP) is 2.39. The second-order valence-corrected chi connectivity index (χ2v) is 1.86. The molecule has 0 heterocycles. The summed E-state index contributed by atoms with van der Waals surface area (Å²) in [6, 6.07) is 0. The standard InChI is InChI=1S/C5H5.C4H9.Mo.2H/c1-2-4-5-3-1;1-3-4-2;;;/h1-3H,4H2;1,3-4H2,2H3;;;/q2*-1;;;. The monoisotopic (exact) mass is 222 g/mol. The van der Waals surface area contributed by atoms with Crippen molar-refractivity contribution < 1.29 is 21.1 Å². The van der Waals surface area contributed by atoms with Gasteiger partial charge in [0.2, 0.25) is 0 Å². The normalized spacial score (nSPS) is 11.8. The van der Waals surface area contributed by atoms with Gasteiger partial charge in [0.25, 0.3) is 0 Å². The third kappa shape index (κ3) is 11.0. The van der Waals surface area contributed by atoms with Crippen LogP contribution in [0, 0.1) is 13.0 Å². The summed E-state index contributed by atoms with van der Waals surface area (Å²) in [4.78, 5) is 0. The molecule has 1 aliphatic carbocycles. The molecule has 0 aromatic heterocycles. The molecule has 0 aliphatic heterocycles. The molecule has 0 amide bonds. The molecule has 10 heavy (non-hydrogen) atoms. The van der Waals surface area contributed by atoms with Crippen molar-refractivity contribution in [3.05, 3.63) is 31.2 Å². The molecule has 0 saturated carbocycles. The minimum atomic E-state index is 0. The van der Waals surface area contributed by atoms with Crippen molar-refractivity contribution >= 4 is 0 Å². The Morgan fingerprint density at radius 3 is 2.30 bits per heavy atom. The number of hydrogen-bond donors (Lipinski definition) is 0. The van der Waals surface area contributed by atoms with E-state index in [0.717, 1.165) is 12.8 Å². The molecule has 1 aliphatic rings. The van der Waals surface area contributed by atoms with E-state index in [9.17, 15) is 0 Å². The van der Waals surface area contributed by atoms with Crippen LogP contribution in [0.25, 0.3) is 0 Å². The molecule has 0 aromatic carbocycles. The van der Waals surface area contributed by atoms with Crippen LogP contribution in [0.5, 0.6) is 0 Å². The summed E-state index contributed by atoms with van der Waals surface area (Å²) in [6.07, 6.45) is 12.3. The fourth-order valence-electron chi connectivity index (χ4n) is 0.340. The summed E-state index contributed by atoms with van der Waals surface area (Å²) in [6.45, 7) is 5.72. The van der Waals surface area contributed by atoms with E-state index in [0.29, 0.717) is 0 Å². The first-order valence-electron chi connectivity index (χ1n) is 3.42. The number of unbranched alkanes of at least 4 members (excludes halogenated alkanes) is 1. The Kier molecular flexibility index (Phi) is 15.3. The van der Waals surface area contributed by atoms with Crippen molar-refractivity contribution in [3.63, 3.8) is 0 Å². The van der Waals surface area contributed by atoms with Crippen LogP contribution in [0.1, 0.15) is 26.2 Å². The van der Waals surface area contributed by atoms with Crippen LogP contribution in [0.2, 0.25) is 0 Å². The number of allylic oxidation sites excluding steroid dienone is 4. The minimum absolute atomic E-state index is 0. The van der Waals surface area contributed by atoms with Crippen LogP contribution < -0.4 is 0 Å². The Labute approximate surface area is 78.7 Å². The first kappa shape index (κ1) is 12.8. The maximum atomic E-state index is 3.60. The van der Waals surface area contributed by atoms with Crippen molar-refractivity contribution in [2.24, 2.45) is 0 Å². The van der Waals surface area contributed by atoms with E-state index in [4.69, 9.17) is 0 Å². The van der Waals surface area contributed by atoms with Gasteiger partial charge in [-0.15, -0.1) is 6.42 Å². The Balaban J connectivity index is 0. The molecule has 0 aromatic rings. The van der Waals surface area contributed by atoms with E-state index in [1.807, 2.05) is 12.2 Å². The molecular formula is C9H16Mo-2. The molecule has 0 bridgehead atoms. The third-order valence-electron chi connectivity index (χ3n) is 0.939. The van der Waals surface area contributed by atoms with Gasteiger partial charge in [-0.3, -0.25) is 6.08 Å². The Bertz CT molecular complexity index is 80.9. The van der Waals surface area contributed by atoms with Gasteiger partial charge in [0.15, 0.2) is 0 Å². The van der Waals surface area contributed by atoms with E-state index in [-0.39, 0.29) is 21.1 Å². The van der Waals surface area contributed by atoms with Crippen LogP contribution in [0.15, 0.2) is 18.2 Å². The van der Waals surface area contributed by atoms with Crippen molar-refractivity contribution in [1.29, 1.82) is 0 Å². The van der Waals surface area contributed by atoms with Crippen molar-refractivity contribution in [2.45, 2.75) is 26.2 Å². The topological polar surface area (TPSA) is 0 Å². The molecule has 0 saturated heterocycles. The molecule has 0 atom stereocenters. The number of hydrogen-bond acceptors (Lipinski definition) is 0. The van der Waals surface area contributed by atoms with Crippen molar-refractivity contribution in [3.8, 4) is 0 Å². The average Bonchev–Trinajstić information content (AvgIpc) is 2.43. The quantitative estimate of drug-likeness (QED) is 0.470. The summed E-state index contributed by atoms with van der Waals surface area (Å²) < 4.78 is 0. The molecule has 1 rings (SSSR count). The summed E-state index contributed by atoms with van der Waals surface area (Å²) >= 11 is 0. The molecule has 0 N–H and O–H groups in total. The number of rotatable bonds is 1. The van der Waals surface area contributed by atoms with Gasteiger partial charge in [-0.05, 0) is 0 Å². The van der Waals surface area contributed by atoms with E-state index in [2.05, 4.69) is 26.0 Å². The zero-order valence-electron chi connectivity index (χ0n) is 6.56. The molecule has 1 heteroatoms. The Hall–Kier alpha value is 0.168. The zero-order valence-corrected chi connectivity index (χ0v) is 9.02. The van der Waals surface area contributed by atoms with Gasteiger partial charge in [0.1, 0.15) is 0 Å². The van der Waals surface area contributed by atoms with Gasteiger partial charge < -0.3 is 6.92 Å². The van der Waals surface area contributed by atoms with Gasteiger partial charge in [-0.2, -0.15) is 12.5 Å². The van der Waals surface area contributed by atoms with Crippen LogP contribution in [-0.4, -0.2) is 0 Å². The molecule has 0 fully saturated rings. The fourth-order valence-corrected chi connectivity index (χ4v) is 0.340. The Morgan fingerprint density at radius 2 is 2.20 bits per heavy atom. The van der Waals surface area contributed by atoms with Crippen molar-refractivity contribution in [1.82, 2.24) is 0 Å². The molecular weight excluding hydrogens is 204 g/mol. The molecule has 0 radical (unpaired) electrons. The van der Waals surface area contributed by atoms with Crippen LogP contribution >= 0.6 is 0 Å². The zero-order chi connectivity index (χ0) is 6.95. The van der Waals surface area contributed by atoms with E-state index in [1.54, 1.807) is 0 Å². The van der Waals surface area contributed by atoms with E-state index >= 15 is 0 Å². The van der Waals surface area contributed by atoms with Crippen LogP contribution in [0.3, 0.4) is 0 Å². The summed E-state index contributed by atoms with van der Waals surface area (Å²) in [5, 5.41) is 0. The Morgan fingerprint density at radius 1 is 1.60 bits per heavy atom.